The van der Waals surface area contributed by atoms with Gasteiger partial charge in [-0.25, -0.2) is 0 Å². The molecule has 1 fully saturated rings. The number of carbonyl (C=O) groups excluding carboxylic acids is 1. The molecular weight excluding hydrogens is 290 g/mol. The Labute approximate surface area is 136 Å². The Morgan fingerprint density at radius 2 is 2.04 bits per heavy atom. The normalized spacial score (nSPS) is 20.2. The average Bonchev–Trinajstić information content (AvgIpc) is 3.10. The summed E-state index contributed by atoms with van der Waals surface area (Å²) in [6, 6.07) is 11.7. The number of pyridine rings is 1. The first-order valence-corrected chi connectivity index (χ1v) is 7.80. The lowest BCUT2D eigenvalue weighted by atomic mass is 9.87. The fraction of sp³-hybridized carbons (Fsp3) is 0.333. The van der Waals surface area contributed by atoms with Gasteiger partial charge < -0.3 is 15.4 Å². The van der Waals surface area contributed by atoms with Gasteiger partial charge in [-0.05, 0) is 29.3 Å². The van der Waals surface area contributed by atoms with Gasteiger partial charge in [0.25, 0.3) is 0 Å². The van der Waals surface area contributed by atoms with E-state index in [2.05, 4.69) is 15.6 Å². The van der Waals surface area contributed by atoms with E-state index in [9.17, 15) is 4.79 Å². The number of para-hydroxylation sites is 1. The van der Waals surface area contributed by atoms with Crippen molar-refractivity contribution in [1.82, 2.24) is 15.6 Å². The van der Waals surface area contributed by atoms with Crippen LogP contribution >= 0.6 is 0 Å². The highest BCUT2D eigenvalue weighted by Gasteiger charge is 2.35. The van der Waals surface area contributed by atoms with Crippen LogP contribution in [0.5, 0.6) is 5.75 Å². The van der Waals surface area contributed by atoms with Crippen LogP contribution in [-0.2, 0) is 11.3 Å². The third-order valence-corrected chi connectivity index (χ3v) is 4.31. The minimum Gasteiger partial charge on any atom is -0.496 e. The molecule has 5 nitrogen and oxygen atoms in total. The van der Waals surface area contributed by atoms with Gasteiger partial charge >= 0.3 is 0 Å². The smallest absolute Gasteiger partial charge is 0.225 e. The molecule has 1 aromatic carbocycles. The molecular formula is C18H21N3O2. The highest BCUT2D eigenvalue weighted by molar-refractivity contribution is 5.80. The Hall–Kier alpha value is -2.40. The molecule has 0 bridgehead atoms. The summed E-state index contributed by atoms with van der Waals surface area (Å²) in [5.74, 6) is 0.951. The van der Waals surface area contributed by atoms with Crippen LogP contribution < -0.4 is 15.4 Å². The molecule has 5 heteroatoms. The van der Waals surface area contributed by atoms with Crippen molar-refractivity contribution < 1.29 is 9.53 Å². The molecule has 1 aromatic heterocycles. The van der Waals surface area contributed by atoms with Crippen LogP contribution in [0.3, 0.4) is 0 Å². The first kappa shape index (κ1) is 15.5. The minimum absolute atomic E-state index is 0.0720. The van der Waals surface area contributed by atoms with Crippen molar-refractivity contribution >= 4 is 5.91 Å². The van der Waals surface area contributed by atoms with E-state index in [0.717, 1.165) is 23.4 Å². The standard InChI is InChI=1S/C18H21N3O2/c1-23-17-5-3-2-4-14(17)15-11-20-12-16(15)18(22)21-10-13-6-8-19-9-7-13/h2-9,15-16,20H,10-12H2,1H3,(H,21,22). The fourth-order valence-electron chi connectivity index (χ4n) is 3.07. The summed E-state index contributed by atoms with van der Waals surface area (Å²) in [6.07, 6.45) is 3.46. The third-order valence-electron chi connectivity index (χ3n) is 4.31. The van der Waals surface area contributed by atoms with Gasteiger partial charge in [0.05, 0.1) is 13.0 Å². The van der Waals surface area contributed by atoms with Crippen LogP contribution in [-0.4, -0.2) is 31.1 Å². The van der Waals surface area contributed by atoms with E-state index < -0.39 is 0 Å². The highest BCUT2D eigenvalue weighted by atomic mass is 16.5. The molecule has 0 spiro atoms. The van der Waals surface area contributed by atoms with Crippen LogP contribution in [0.15, 0.2) is 48.8 Å². The number of methoxy groups -OCH3 is 1. The van der Waals surface area contributed by atoms with E-state index in [1.165, 1.54) is 0 Å². The first-order valence-electron chi connectivity index (χ1n) is 7.80. The zero-order chi connectivity index (χ0) is 16.1. The number of hydrogen-bond donors (Lipinski definition) is 2. The number of carbonyl (C=O) groups is 1. The average molecular weight is 311 g/mol. The number of aromatic nitrogens is 1. The van der Waals surface area contributed by atoms with Crippen molar-refractivity contribution in [2.45, 2.75) is 12.5 Å². The molecule has 0 radical (unpaired) electrons. The van der Waals surface area contributed by atoms with E-state index in [1.54, 1.807) is 19.5 Å². The molecule has 2 aromatic rings. The van der Waals surface area contributed by atoms with Gasteiger partial charge in [0.2, 0.25) is 5.91 Å². The molecule has 120 valence electrons. The van der Waals surface area contributed by atoms with Gasteiger partial charge in [-0.1, -0.05) is 18.2 Å². The Morgan fingerprint density at radius 1 is 1.26 bits per heavy atom. The molecule has 23 heavy (non-hydrogen) atoms. The SMILES string of the molecule is COc1ccccc1C1CNCC1C(=O)NCc1ccncc1. The summed E-state index contributed by atoms with van der Waals surface area (Å²) in [5, 5.41) is 6.36. The number of amides is 1. The molecule has 0 aliphatic carbocycles. The second-order valence-electron chi connectivity index (χ2n) is 5.69. The second kappa shape index (κ2) is 7.24. The lowest BCUT2D eigenvalue weighted by molar-refractivity contribution is -0.125. The summed E-state index contributed by atoms with van der Waals surface area (Å²) in [7, 11) is 1.67. The van der Waals surface area contributed by atoms with Crippen molar-refractivity contribution in [3.05, 3.63) is 59.9 Å². The number of hydrogen-bond acceptors (Lipinski definition) is 4. The second-order valence-corrected chi connectivity index (χ2v) is 5.69. The van der Waals surface area contributed by atoms with Gasteiger partial charge in [0.15, 0.2) is 0 Å². The van der Waals surface area contributed by atoms with Gasteiger partial charge in [0, 0.05) is 37.9 Å². The van der Waals surface area contributed by atoms with Crippen molar-refractivity contribution in [3.8, 4) is 5.75 Å². The fourth-order valence-corrected chi connectivity index (χ4v) is 3.07. The van der Waals surface area contributed by atoms with E-state index in [1.807, 2.05) is 36.4 Å². The predicted molar refractivity (Wildman–Crippen MR) is 88.2 cm³/mol. The molecule has 2 heterocycles. The van der Waals surface area contributed by atoms with Gasteiger partial charge in [-0.15, -0.1) is 0 Å². The predicted octanol–water partition coefficient (Wildman–Crippen LogP) is 1.71. The summed E-state index contributed by atoms with van der Waals surface area (Å²) < 4.78 is 5.45. The molecule has 1 saturated heterocycles. The minimum atomic E-state index is -0.0897. The Kier molecular flexibility index (Phi) is 4.88. The lowest BCUT2D eigenvalue weighted by Crippen LogP contribution is -2.34. The maximum atomic E-state index is 12.6. The van der Waals surface area contributed by atoms with Crippen LogP contribution in [0.4, 0.5) is 0 Å². The monoisotopic (exact) mass is 311 g/mol. The van der Waals surface area contributed by atoms with Gasteiger partial charge in [0.1, 0.15) is 5.75 Å². The number of ether oxygens (including phenoxy) is 1. The van der Waals surface area contributed by atoms with Crippen LogP contribution in [0.25, 0.3) is 0 Å². The maximum Gasteiger partial charge on any atom is 0.225 e. The van der Waals surface area contributed by atoms with E-state index in [4.69, 9.17) is 4.74 Å². The van der Waals surface area contributed by atoms with Crippen molar-refractivity contribution in [2.75, 3.05) is 20.2 Å². The van der Waals surface area contributed by atoms with E-state index >= 15 is 0 Å². The Morgan fingerprint density at radius 3 is 2.83 bits per heavy atom. The van der Waals surface area contributed by atoms with Crippen molar-refractivity contribution in [3.63, 3.8) is 0 Å². The van der Waals surface area contributed by atoms with E-state index in [0.29, 0.717) is 13.1 Å². The quantitative estimate of drug-likeness (QED) is 0.882. The number of nitrogens with zero attached hydrogens (tertiary/aromatic N) is 1. The molecule has 2 unspecified atom stereocenters. The van der Waals surface area contributed by atoms with Gasteiger partial charge in [-0.2, -0.15) is 0 Å². The summed E-state index contributed by atoms with van der Waals surface area (Å²) in [4.78, 5) is 16.6. The maximum absolute atomic E-state index is 12.6. The third kappa shape index (κ3) is 3.51. The molecule has 1 aliphatic heterocycles. The van der Waals surface area contributed by atoms with Crippen molar-refractivity contribution in [1.29, 1.82) is 0 Å². The largest absolute Gasteiger partial charge is 0.496 e. The molecule has 1 amide bonds. The Balaban J connectivity index is 1.70. The summed E-state index contributed by atoms with van der Waals surface area (Å²) >= 11 is 0. The van der Waals surface area contributed by atoms with Crippen molar-refractivity contribution in [2.24, 2.45) is 5.92 Å². The zero-order valence-corrected chi connectivity index (χ0v) is 13.2. The van der Waals surface area contributed by atoms with Crippen LogP contribution in [0, 0.1) is 5.92 Å². The van der Waals surface area contributed by atoms with Gasteiger partial charge in [-0.3, -0.25) is 9.78 Å². The number of nitrogens with one attached hydrogen (secondary N) is 2. The van der Waals surface area contributed by atoms with E-state index in [-0.39, 0.29) is 17.7 Å². The van der Waals surface area contributed by atoms with Crippen LogP contribution in [0.2, 0.25) is 0 Å². The first-order chi connectivity index (χ1) is 11.3. The molecule has 1 aliphatic rings. The topological polar surface area (TPSA) is 63.2 Å². The summed E-state index contributed by atoms with van der Waals surface area (Å²) in [6.45, 7) is 2.00. The zero-order valence-electron chi connectivity index (χ0n) is 13.2. The highest BCUT2D eigenvalue weighted by Crippen LogP contribution is 2.34. The molecule has 3 rings (SSSR count). The molecule has 2 N–H and O–H groups in total. The summed E-state index contributed by atoms with van der Waals surface area (Å²) in [5.41, 5.74) is 2.14. The lowest BCUT2D eigenvalue weighted by Gasteiger charge is -2.20. The number of rotatable bonds is 5. The Bertz CT molecular complexity index is 660. The molecule has 2 atom stereocenters. The number of benzene rings is 1. The molecule has 0 saturated carbocycles. The van der Waals surface area contributed by atoms with Crippen LogP contribution in [0.1, 0.15) is 17.0 Å².